The predicted octanol–water partition coefficient (Wildman–Crippen LogP) is 1.91. The van der Waals surface area contributed by atoms with Gasteiger partial charge in [-0.1, -0.05) is 23.4 Å². The standard InChI is InChI=1S/C18H28N4O/c1-16-14-18(23-19-16)15-20(2)8-9-21-10-12-22(13-11-21)17-6-4-3-5-7-17/h3-7,18H,8-15H2,1-2H3. The van der Waals surface area contributed by atoms with Crippen LogP contribution in [0.2, 0.25) is 0 Å². The van der Waals surface area contributed by atoms with E-state index in [-0.39, 0.29) is 6.10 Å². The maximum atomic E-state index is 5.42. The van der Waals surface area contributed by atoms with Crippen LogP contribution in [-0.2, 0) is 4.84 Å². The van der Waals surface area contributed by atoms with Crippen molar-refractivity contribution >= 4 is 11.4 Å². The molecule has 23 heavy (non-hydrogen) atoms. The van der Waals surface area contributed by atoms with Gasteiger partial charge in [0.1, 0.15) is 6.10 Å². The second kappa shape index (κ2) is 7.79. The third-order valence-electron chi connectivity index (χ3n) is 4.69. The Balaban J connectivity index is 1.34. The van der Waals surface area contributed by atoms with E-state index in [2.05, 4.69) is 57.2 Å². The monoisotopic (exact) mass is 316 g/mol. The summed E-state index contributed by atoms with van der Waals surface area (Å²) in [5.41, 5.74) is 2.46. The van der Waals surface area contributed by atoms with Crippen LogP contribution in [-0.4, -0.2) is 74.5 Å². The molecular weight excluding hydrogens is 288 g/mol. The highest BCUT2D eigenvalue weighted by atomic mass is 16.6. The van der Waals surface area contributed by atoms with Crippen LogP contribution in [0.15, 0.2) is 35.5 Å². The van der Waals surface area contributed by atoms with Crippen molar-refractivity contribution in [2.75, 3.05) is 57.8 Å². The summed E-state index contributed by atoms with van der Waals surface area (Å²) in [5.74, 6) is 0. The lowest BCUT2D eigenvalue weighted by Crippen LogP contribution is -2.48. The number of rotatable bonds is 6. The quantitative estimate of drug-likeness (QED) is 0.802. The fourth-order valence-electron chi connectivity index (χ4n) is 3.29. The number of anilines is 1. The van der Waals surface area contributed by atoms with E-state index < -0.39 is 0 Å². The molecule has 0 saturated carbocycles. The van der Waals surface area contributed by atoms with E-state index in [4.69, 9.17) is 4.84 Å². The number of hydrogen-bond donors (Lipinski definition) is 0. The van der Waals surface area contributed by atoms with E-state index in [1.54, 1.807) is 0 Å². The average Bonchev–Trinajstić information content (AvgIpc) is 2.99. The van der Waals surface area contributed by atoms with Gasteiger partial charge in [-0.25, -0.2) is 0 Å². The molecule has 0 radical (unpaired) electrons. The Kier molecular flexibility index (Phi) is 5.51. The van der Waals surface area contributed by atoms with E-state index >= 15 is 0 Å². The van der Waals surface area contributed by atoms with Crippen LogP contribution < -0.4 is 4.90 Å². The molecule has 0 N–H and O–H groups in total. The van der Waals surface area contributed by atoms with Crippen LogP contribution in [0, 0.1) is 0 Å². The second-order valence-electron chi connectivity index (χ2n) is 6.68. The molecule has 0 bridgehead atoms. The van der Waals surface area contributed by atoms with Gasteiger partial charge in [-0.2, -0.15) is 0 Å². The first kappa shape index (κ1) is 16.3. The Morgan fingerprint density at radius 3 is 2.57 bits per heavy atom. The van der Waals surface area contributed by atoms with Gasteiger partial charge in [-0.05, 0) is 26.1 Å². The Morgan fingerprint density at radius 2 is 1.91 bits per heavy atom. The summed E-state index contributed by atoms with van der Waals surface area (Å²) in [5, 5.41) is 4.03. The summed E-state index contributed by atoms with van der Waals surface area (Å²) in [6.45, 7) is 9.74. The van der Waals surface area contributed by atoms with Crippen LogP contribution in [0.25, 0.3) is 0 Å². The third-order valence-corrected chi connectivity index (χ3v) is 4.69. The summed E-state index contributed by atoms with van der Waals surface area (Å²) in [4.78, 5) is 12.8. The maximum Gasteiger partial charge on any atom is 0.145 e. The minimum Gasteiger partial charge on any atom is -0.391 e. The molecule has 2 aliphatic rings. The third kappa shape index (κ3) is 4.69. The molecule has 1 atom stereocenters. The summed E-state index contributed by atoms with van der Waals surface area (Å²) in [6.07, 6.45) is 1.22. The molecule has 3 rings (SSSR count). The van der Waals surface area contributed by atoms with Crippen molar-refractivity contribution in [1.82, 2.24) is 9.80 Å². The van der Waals surface area contributed by atoms with Crippen LogP contribution in [0.5, 0.6) is 0 Å². The minimum atomic E-state index is 0.245. The lowest BCUT2D eigenvalue weighted by molar-refractivity contribution is 0.0566. The SMILES string of the molecule is CC1=NOC(CN(C)CCN2CCN(c3ccccc3)CC2)C1. The van der Waals surface area contributed by atoms with Crippen molar-refractivity contribution in [3.8, 4) is 0 Å². The molecule has 0 amide bonds. The molecule has 0 aromatic heterocycles. The van der Waals surface area contributed by atoms with Crippen molar-refractivity contribution in [3.63, 3.8) is 0 Å². The van der Waals surface area contributed by atoms with Crippen molar-refractivity contribution in [2.45, 2.75) is 19.4 Å². The van der Waals surface area contributed by atoms with Gasteiger partial charge in [0, 0.05) is 57.9 Å². The van der Waals surface area contributed by atoms with E-state index in [1.165, 1.54) is 5.69 Å². The molecule has 2 aliphatic heterocycles. The molecule has 0 spiro atoms. The fourth-order valence-corrected chi connectivity index (χ4v) is 3.29. The zero-order valence-corrected chi connectivity index (χ0v) is 14.3. The highest BCUT2D eigenvalue weighted by Crippen LogP contribution is 2.15. The van der Waals surface area contributed by atoms with E-state index in [0.29, 0.717) is 0 Å². The molecule has 1 fully saturated rings. The first-order chi connectivity index (χ1) is 11.2. The zero-order chi connectivity index (χ0) is 16.1. The number of benzene rings is 1. The lowest BCUT2D eigenvalue weighted by atomic mass is 10.2. The van der Waals surface area contributed by atoms with E-state index in [0.717, 1.165) is 57.9 Å². The molecule has 5 nitrogen and oxygen atoms in total. The molecule has 1 aromatic rings. The Labute approximate surface area is 139 Å². The number of likely N-dealkylation sites (N-methyl/N-ethyl adjacent to an activating group) is 1. The number of hydrogen-bond acceptors (Lipinski definition) is 5. The van der Waals surface area contributed by atoms with Crippen LogP contribution in [0.3, 0.4) is 0 Å². The Bertz CT molecular complexity index is 511. The molecular formula is C18H28N4O. The lowest BCUT2D eigenvalue weighted by Gasteiger charge is -2.36. The largest absolute Gasteiger partial charge is 0.391 e. The van der Waals surface area contributed by atoms with Gasteiger partial charge in [-0.3, -0.25) is 4.90 Å². The van der Waals surface area contributed by atoms with Crippen LogP contribution in [0.4, 0.5) is 5.69 Å². The predicted molar refractivity (Wildman–Crippen MR) is 95.2 cm³/mol. The molecule has 1 saturated heterocycles. The molecule has 5 heteroatoms. The van der Waals surface area contributed by atoms with Gasteiger partial charge in [0.15, 0.2) is 0 Å². The van der Waals surface area contributed by atoms with Crippen molar-refractivity contribution in [2.24, 2.45) is 5.16 Å². The molecule has 126 valence electrons. The average molecular weight is 316 g/mol. The number of piperazine rings is 1. The Hall–Kier alpha value is -1.59. The number of oxime groups is 1. The fraction of sp³-hybridized carbons (Fsp3) is 0.611. The highest BCUT2D eigenvalue weighted by molar-refractivity contribution is 5.82. The van der Waals surface area contributed by atoms with Gasteiger partial charge in [0.25, 0.3) is 0 Å². The zero-order valence-electron chi connectivity index (χ0n) is 14.3. The van der Waals surface area contributed by atoms with Gasteiger partial charge < -0.3 is 14.6 Å². The number of para-hydroxylation sites is 1. The summed E-state index contributed by atoms with van der Waals surface area (Å²) in [7, 11) is 2.18. The van der Waals surface area contributed by atoms with Crippen molar-refractivity contribution < 1.29 is 4.84 Å². The normalized spacial score (nSPS) is 22.3. The summed E-state index contributed by atoms with van der Waals surface area (Å²) < 4.78 is 0. The Morgan fingerprint density at radius 1 is 1.17 bits per heavy atom. The molecule has 2 heterocycles. The van der Waals surface area contributed by atoms with Gasteiger partial charge in [0.05, 0.1) is 5.71 Å². The van der Waals surface area contributed by atoms with Gasteiger partial charge in [0.2, 0.25) is 0 Å². The van der Waals surface area contributed by atoms with Crippen LogP contribution in [0.1, 0.15) is 13.3 Å². The van der Waals surface area contributed by atoms with Gasteiger partial charge >= 0.3 is 0 Å². The topological polar surface area (TPSA) is 31.3 Å². The van der Waals surface area contributed by atoms with Crippen molar-refractivity contribution in [1.29, 1.82) is 0 Å². The molecule has 1 unspecified atom stereocenters. The van der Waals surface area contributed by atoms with E-state index in [1.807, 2.05) is 6.92 Å². The summed E-state index contributed by atoms with van der Waals surface area (Å²) in [6, 6.07) is 10.7. The number of nitrogens with zero attached hydrogens (tertiary/aromatic N) is 4. The second-order valence-corrected chi connectivity index (χ2v) is 6.68. The summed E-state index contributed by atoms with van der Waals surface area (Å²) >= 11 is 0. The van der Waals surface area contributed by atoms with Crippen LogP contribution >= 0.6 is 0 Å². The molecule has 0 aliphatic carbocycles. The first-order valence-corrected chi connectivity index (χ1v) is 8.61. The molecule has 1 aromatic carbocycles. The highest BCUT2D eigenvalue weighted by Gasteiger charge is 2.21. The smallest absolute Gasteiger partial charge is 0.145 e. The maximum absolute atomic E-state index is 5.42. The first-order valence-electron chi connectivity index (χ1n) is 8.61. The van der Waals surface area contributed by atoms with E-state index in [9.17, 15) is 0 Å². The van der Waals surface area contributed by atoms with Crippen molar-refractivity contribution in [3.05, 3.63) is 30.3 Å². The van der Waals surface area contributed by atoms with Gasteiger partial charge in [-0.15, -0.1) is 0 Å². The minimum absolute atomic E-state index is 0.245.